The van der Waals surface area contributed by atoms with Crippen molar-refractivity contribution in [2.45, 2.75) is 171 Å². The van der Waals surface area contributed by atoms with Crippen molar-refractivity contribution < 1.29 is 30.2 Å². The van der Waals surface area contributed by atoms with Crippen LogP contribution >= 0.6 is 0 Å². The number of rotatable bonds is 9. The average molecular weight is 1540 g/mol. The van der Waals surface area contributed by atoms with Crippen molar-refractivity contribution in [3.63, 3.8) is 0 Å². The highest BCUT2D eigenvalue weighted by Crippen LogP contribution is 2.43. The van der Waals surface area contributed by atoms with Gasteiger partial charge in [-0.25, -0.2) is 0 Å². The molecule has 18 rings (SSSR count). The Morgan fingerprint density at radius 3 is 0.672 bits per heavy atom. The lowest BCUT2D eigenvalue weighted by molar-refractivity contribution is 0.594. The van der Waals surface area contributed by atoms with Crippen LogP contribution in [0.3, 0.4) is 0 Å². The van der Waals surface area contributed by atoms with Crippen LogP contribution in [0.1, 0.15) is 199 Å². The fraction of sp³-hybridized carbons (Fsp3) is 0.236. The van der Waals surface area contributed by atoms with E-state index in [0.717, 1.165) is 88.8 Å². The number of fused-ring (bicyclic) bond motifs is 6. The van der Waals surface area contributed by atoms with Crippen LogP contribution in [-0.2, 0) is 32.5 Å². The van der Waals surface area contributed by atoms with Crippen molar-refractivity contribution in [2.75, 3.05) is 0 Å². The molecule has 0 aliphatic rings. The minimum Gasteiger partial charge on any atom is -0.316 e. The molecule has 0 saturated heterocycles. The highest BCUT2D eigenvalue weighted by atomic mass is 15.0. The first-order valence-corrected chi connectivity index (χ1v) is 39.7. The van der Waals surface area contributed by atoms with E-state index in [1.807, 2.05) is 182 Å². The maximum Gasteiger partial charge on any atom is 0.0826 e. The number of aryl methyl sites for hydroxylation is 2. The Labute approximate surface area is 718 Å². The van der Waals surface area contributed by atoms with Gasteiger partial charge in [-0.1, -0.05) is 294 Å². The van der Waals surface area contributed by atoms with Crippen LogP contribution in [0.25, 0.3) is 133 Å². The third-order valence-corrected chi connectivity index (χ3v) is 21.6. The zero-order valence-corrected chi connectivity index (χ0v) is 70.0. The zero-order chi connectivity index (χ0) is 101. The normalized spacial score (nSPS) is 15.1. The molecule has 0 amide bonds. The van der Waals surface area contributed by atoms with Gasteiger partial charge in [0, 0.05) is 103 Å². The summed E-state index contributed by atoms with van der Waals surface area (Å²) < 4.78 is 203. The summed E-state index contributed by atoms with van der Waals surface area (Å²) in [5.41, 5.74) is 15.9. The average Bonchev–Trinajstić information content (AvgIpc) is 1.56. The molecule has 0 fully saturated rings. The zero-order valence-electron chi connectivity index (χ0n) is 92.0. The van der Waals surface area contributed by atoms with Gasteiger partial charge in [0.05, 0.1) is 63.3 Å². The van der Waals surface area contributed by atoms with Crippen LogP contribution in [0, 0.1) is 13.8 Å². The first-order chi connectivity index (χ1) is 64.4. The highest BCUT2D eigenvalue weighted by Gasteiger charge is 2.28. The van der Waals surface area contributed by atoms with Gasteiger partial charge in [0.2, 0.25) is 0 Å². The predicted octanol–water partition coefficient (Wildman–Crippen LogP) is 30.1. The van der Waals surface area contributed by atoms with Gasteiger partial charge >= 0.3 is 0 Å². The largest absolute Gasteiger partial charge is 0.316 e. The molecule has 6 heterocycles. The highest BCUT2D eigenvalue weighted by molar-refractivity contribution is 5.93. The second-order valence-electron chi connectivity index (χ2n) is 36.6. The summed E-state index contributed by atoms with van der Waals surface area (Å²) >= 11 is 0. The van der Waals surface area contributed by atoms with Crippen molar-refractivity contribution in [1.82, 2.24) is 27.4 Å². The molecule has 0 atom stereocenters. The van der Waals surface area contributed by atoms with Gasteiger partial charge < -0.3 is 27.4 Å². The summed E-state index contributed by atoms with van der Waals surface area (Å²) in [4.78, 5) is 0. The van der Waals surface area contributed by atoms with E-state index in [0.29, 0.717) is 78.9 Å². The second kappa shape index (κ2) is 29.6. The molecule has 116 heavy (non-hydrogen) atoms. The molecule has 0 bridgehead atoms. The number of aromatic nitrogens is 6. The molecule has 6 nitrogen and oxygen atoms in total. The minimum absolute atomic E-state index is 0.0805. The Kier molecular flexibility index (Phi) is 14.1. The summed E-state index contributed by atoms with van der Waals surface area (Å²) in [5.74, 6) is 0. The lowest BCUT2D eigenvalue weighted by Crippen LogP contribution is -2.10. The van der Waals surface area contributed by atoms with Crippen molar-refractivity contribution in [1.29, 1.82) is 0 Å². The van der Waals surface area contributed by atoms with Crippen LogP contribution in [-0.4, -0.2) is 27.4 Å². The van der Waals surface area contributed by atoms with Gasteiger partial charge in [-0.15, -0.1) is 0 Å². The summed E-state index contributed by atoms with van der Waals surface area (Å²) in [6, 6.07) is 55.2. The van der Waals surface area contributed by atoms with Crippen molar-refractivity contribution in [3.05, 3.63) is 360 Å². The lowest BCUT2D eigenvalue weighted by Gasteiger charge is -2.18. The van der Waals surface area contributed by atoms with Gasteiger partial charge in [0.1, 0.15) is 0 Å². The van der Waals surface area contributed by atoms with E-state index in [1.165, 1.54) is 0 Å². The molecule has 0 radical (unpaired) electrons. The number of para-hydroxylation sites is 6. The van der Waals surface area contributed by atoms with Gasteiger partial charge in [-0.05, 0) is 233 Å². The van der Waals surface area contributed by atoms with E-state index in [4.69, 9.17) is 21.9 Å². The lowest BCUT2D eigenvalue weighted by atomic mass is 9.87. The fourth-order valence-electron chi connectivity index (χ4n) is 15.6. The van der Waals surface area contributed by atoms with Crippen LogP contribution in [0.2, 0.25) is 0 Å². The Hall–Kier alpha value is -12.1. The molecule has 0 saturated carbocycles. The van der Waals surface area contributed by atoms with E-state index in [-0.39, 0.29) is 154 Å². The molecule has 0 spiro atoms. The van der Waals surface area contributed by atoms with Gasteiger partial charge in [-0.2, -0.15) is 0 Å². The first-order valence-electron chi connectivity index (χ1n) is 50.7. The van der Waals surface area contributed by atoms with Crippen LogP contribution in [0.4, 0.5) is 0 Å². The third kappa shape index (κ3) is 14.9. The molecule has 0 unspecified atom stereocenters. The summed E-state index contributed by atoms with van der Waals surface area (Å²) in [6.45, 7) is 40.1. The van der Waals surface area contributed by atoms with Crippen LogP contribution in [0.5, 0.6) is 0 Å². The number of hydrogen-bond acceptors (Lipinski definition) is 0. The summed E-state index contributed by atoms with van der Waals surface area (Å²) in [7, 11) is 0. The van der Waals surface area contributed by atoms with E-state index < -0.39 is 21.7 Å². The Morgan fingerprint density at radius 2 is 0.422 bits per heavy atom. The topological polar surface area (TPSA) is 29.6 Å². The molecule has 6 aromatic heterocycles. The quantitative estimate of drug-likeness (QED) is 0.138. The maximum absolute atomic E-state index is 9.33. The second-order valence-corrected chi connectivity index (χ2v) is 36.6. The molecule has 582 valence electrons. The van der Waals surface area contributed by atoms with Crippen LogP contribution in [0.15, 0.2) is 316 Å². The first kappa shape index (κ1) is 55.4. The van der Waals surface area contributed by atoms with Crippen molar-refractivity contribution in [3.8, 4) is 67.5 Å². The van der Waals surface area contributed by atoms with E-state index in [9.17, 15) is 8.22 Å². The minimum atomic E-state index is -0.591. The summed E-state index contributed by atoms with van der Waals surface area (Å²) in [5, 5.41) is 3.57. The Balaban J connectivity index is 0.000000151. The fourth-order valence-corrected chi connectivity index (χ4v) is 15.6. The molecular weight excluding hydrogens is 1410 g/mol. The predicted molar refractivity (Wildman–Crippen MR) is 498 cm³/mol. The number of nitrogens with zero attached hydrogens (tertiary/aromatic N) is 6. The third-order valence-electron chi connectivity index (χ3n) is 21.6. The number of benzene rings is 12. The van der Waals surface area contributed by atoms with E-state index in [1.54, 1.807) is 30.4 Å². The molecule has 0 aliphatic heterocycles. The van der Waals surface area contributed by atoms with Crippen LogP contribution < -0.4 is 0 Å². The molecule has 18 aromatic rings. The van der Waals surface area contributed by atoms with E-state index in [2.05, 4.69) is 136 Å². The Bertz CT molecular complexity index is 7650. The summed E-state index contributed by atoms with van der Waals surface area (Å²) in [6.07, 6.45) is 1.40. The van der Waals surface area contributed by atoms with E-state index >= 15 is 0 Å². The molecule has 0 N–H and O–H groups in total. The molecule has 12 aromatic carbocycles. The van der Waals surface area contributed by atoms with Gasteiger partial charge in [-0.3, -0.25) is 0 Å². The molecule has 6 heteroatoms. The Morgan fingerprint density at radius 1 is 0.207 bits per heavy atom. The van der Waals surface area contributed by atoms with Gasteiger partial charge in [0.25, 0.3) is 0 Å². The maximum atomic E-state index is 9.33. The molecule has 0 aliphatic carbocycles. The number of hydrogen-bond donors (Lipinski definition) is 0. The van der Waals surface area contributed by atoms with Gasteiger partial charge in [0.15, 0.2) is 0 Å². The monoisotopic (exact) mass is 1540 g/mol. The molecular formula is C110H112N6. The SMILES string of the molecule is [2H]c1c(C(C)(C)C)c2ccccc2n1-c1cccc(-c2cccc(-n3c([2H])c(C(C)(C)C)c4ccccc43)c2)c1.[2H]c1c([2H])c([2H])c2c(c1[2H])c(C(C)(C)C)c([2H])n2-c1ccc(C)c(-c2cc(-n3c([2H])c(C(C)(C)C)c4c([2H])c([2H])c([2H])c([2H])c43)ccc2C)c1.[2H]c1c([2H])c([2H])c2c(c1[2H])c(C(C)(C)C)c([2H])n2-c1cccc(-c2cccc(-n3c([2H])c(C(C)(C)C)c4c([2H])c([2H])c([2H])c([2H])c43)c2)c1. The smallest absolute Gasteiger partial charge is 0.0826 e. The van der Waals surface area contributed by atoms with Crippen molar-refractivity contribution in [2.24, 2.45) is 0 Å². The standard InChI is InChI=1S/C38H40N2.2C36H36N2/c1-25-17-19-27(39-23-33(37(3,4)5)29-13-9-11-15-35(29)39)21-31(25)32-22-28(20-18-26(32)2)40-24-34(38(6,7)8)30-14-10-12-16-36(30)40;2*1-35(2,3)31-23-37(33-19-9-7-17-29(31)33)27-15-11-13-25(21-27)26-14-12-16-28(22-26)38-24-32(36(4,5)6)30-18-8-10-20-34(30)38/h9-24H,1-8H3;2*7-24H,1-6H3/i9D,10D,11D,12D,13D,14D,15D,16D,23D,24D;7D,8D,9D,10D,17D,18D,19D,20D,23D,24D;23D,24D. The van der Waals surface area contributed by atoms with Crippen molar-refractivity contribution >= 4 is 65.4 Å².